The number of aromatic nitrogens is 3. The molecule has 0 aliphatic rings. The van der Waals surface area contributed by atoms with Gasteiger partial charge in [-0.15, -0.1) is 0 Å². The monoisotopic (exact) mass is 379 g/mol. The highest BCUT2D eigenvalue weighted by molar-refractivity contribution is 6.09. The van der Waals surface area contributed by atoms with E-state index in [2.05, 4.69) is 93.7 Å². The molecule has 0 saturated heterocycles. The van der Waals surface area contributed by atoms with Crippen molar-refractivity contribution in [1.82, 2.24) is 14.4 Å². The Bertz CT molecular complexity index is 1380. The predicted molar refractivity (Wildman–Crippen MR) is 122 cm³/mol. The van der Waals surface area contributed by atoms with Gasteiger partial charge >= 0.3 is 0 Å². The van der Waals surface area contributed by atoms with Crippen LogP contribution in [0.25, 0.3) is 38.8 Å². The molecule has 2 aromatic carbocycles. The van der Waals surface area contributed by atoms with E-state index in [0.29, 0.717) is 0 Å². The van der Waals surface area contributed by atoms with Crippen LogP contribution in [0.2, 0.25) is 0 Å². The van der Waals surface area contributed by atoms with Crippen molar-refractivity contribution in [3.8, 4) is 11.3 Å². The van der Waals surface area contributed by atoms with Crippen LogP contribution in [0.1, 0.15) is 37.5 Å². The first kappa shape index (κ1) is 17.9. The molecule has 5 rings (SSSR count). The zero-order chi connectivity index (χ0) is 20.3. The van der Waals surface area contributed by atoms with Gasteiger partial charge in [0.25, 0.3) is 0 Å². The maximum Gasteiger partial charge on any atom is 0.137 e. The van der Waals surface area contributed by atoms with Crippen LogP contribution >= 0.6 is 0 Å². The summed E-state index contributed by atoms with van der Waals surface area (Å²) in [6.45, 7) is 11.0. The summed E-state index contributed by atoms with van der Waals surface area (Å²) in [6, 6.07) is 19.2. The van der Waals surface area contributed by atoms with Gasteiger partial charge in [-0.25, -0.2) is 9.97 Å². The molecule has 0 spiro atoms. The van der Waals surface area contributed by atoms with Crippen molar-refractivity contribution in [2.75, 3.05) is 0 Å². The van der Waals surface area contributed by atoms with Crippen LogP contribution in [0.5, 0.6) is 0 Å². The van der Waals surface area contributed by atoms with Gasteiger partial charge in [-0.05, 0) is 54.2 Å². The molecule has 0 N–H and O–H groups in total. The van der Waals surface area contributed by atoms with Crippen LogP contribution < -0.4 is 0 Å². The molecule has 0 aliphatic heterocycles. The van der Waals surface area contributed by atoms with E-state index < -0.39 is 0 Å². The zero-order valence-corrected chi connectivity index (χ0v) is 17.6. The van der Waals surface area contributed by atoms with Gasteiger partial charge in [0.05, 0.1) is 16.7 Å². The molecule has 3 aromatic heterocycles. The van der Waals surface area contributed by atoms with Crippen molar-refractivity contribution >= 4 is 27.6 Å². The Hall–Kier alpha value is -3.20. The van der Waals surface area contributed by atoms with E-state index in [1.807, 2.05) is 6.07 Å². The lowest BCUT2D eigenvalue weighted by Gasteiger charge is -2.20. The largest absolute Gasteiger partial charge is 0.298 e. The normalized spacial score (nSPS) is 12.3. The number of imidazole rings is 1. The molecule has 0 bridgehead atoms. The standard InChI is InChI=1S/C26H25N3/c1-16-9-8-10-17(2)22(16)24-25-23(28-21-11-6-7-14-29(21)25)19-13-12-18(26(3,4)5)15-20(19)27-24/h6-15H,1-5H3. The minimum atomic E-state index is 0.0719. The van der Waals surface area contributed by atoms with Crippen molar-refractivity contribution < 1.29 is 0 Å². The quantitative estimate of drug-likeness (QED) is 0.328. The molecular formula is C26H25N3. The first-order valence-corrected chi connectivity index (χ1v) is 10.1. The number of benzene rings is 2. The lowest BCUT2D eigenvalue weighted by molar-refractivity contribution is 0.591. The molecule has 3 heterocycles. The molecule has 0 fully saturated rings. The first-order valence-electron chi connectivity index (χ1n) is 10.1. The fourth-order valence-corrected chi connectivity index (χ4v) is 4.24. The van der Waals surface area contributed by atoms with Crippen LogP contribution in [-0.2, 0) is 5.41 Å². The Morgan fingerprint density at radius 2 is 1.59 bits per heavy atom. The van der Waals surface area contributed by atoms with Crippen molar-refractivity contribution in [2.45, 2.75) is 40.0 Å². The van der Waals surface area contributed by atoms with E-state index in [9.17, 15) is 0 Å². The minimum absolute atomic E-state index is 0.0719. The molecule has 0 unspecified atom stereocenters. The van der Waals surface area contributed by atoms with Crippen molar-refractivity contribution in [2.24, 2.45) is 0 Å². The summed E-state index contributed by atoms with van der Waals surface area (Å²) in [7, 11) is 0. The van der Waals surface area contributed by atoms with Crippen LogP contribution in [0.3, 0.4) is 0 Å². The highest BCUT2D eigenvalue weighted by Crippen LogP contribution is 2.37. The Morgan fingerprint density at radius 3 is 2.31 bits per heavy atom. The molecule has 0 saturated carbocycles. The Morgan fingerprint density at radius 1 is 0.828 bits per heavy atom. The van der Waals surface area contributed by atoms with Gasteiger partial charge in [-0.1, -0.05) is 57.2 Å². The topological polar surface area (TPSA) is 30.2 Å². The molecule has 0 atom stereocenters. The molecule has 144 valence electrons. The Balaban J connectivity index is 2.00. The number of fused-ring (bicyclic) bond motifs is 5. The van der Waals surface area contributed by atoms with E-state index >= 15 is 0 Å². The van der Waals surface area contributed by atoms with Gasteiger partial charge in [-0.2, -0.15) is 0 Å². The molecule has 5 aromatic rings. The molecule has 3 nitrogen and oxygen atoms in total. The third-order valence-corrected chi connectivity index (χ3v) is 5.82. The molecule has 29 heavy (non-hydrogen) atoms. The lowest BCUT2D eigenvalue weighted by atomic mass is 9.86. The number of nitrogens with zero attached hydrogens (tertiary/aromatic N) is 3. The highest BCUT2D eigenvalue weighted by Gasteiger charge is 2.20. The van der Waals surface area contributed by atoms with Crippen LogP contribution in [0.15, 0.2) is 60.8 Å². The summed E-state index contributed by atoms with van der Waals surface area (Å²) in [5.74, 6) is 0. The van der Waals surface area contributed by atoms with Gasteiger partial charge in [0.2, 0.25) is 0 Å². The second-order valence-electron chi connectivity index (χ2n) is 8.95. The maximum absolute atomic E-state index is 5.23. The third-order valence-electron chi connectivity index (χ3n) is 5.82. The average Bonchev–Trinajstić information content (AvgIpc) is 3.06. The molecular weight excluding hydrogens is 354 g/mol. The summed E-state index contributed by atoms with van der Waals surface area (Å²) in [5, 5.41) is 1.10. The minimum Gasteiger partial charge on any atom is -0.298 e. The smallest absolute Gasteiger partial charge is 0.137 e. The number of pyridine rings is 2. The van der Waals surface area contributed by atoms with E-state index in [-0.39, 0.29) is 5.41 Å². The van der Waals surface area contributed by atoms with Crippen LogP contribution in [0, 0.1) is 13.8 Å². The van der Waals surface area contributed by atoms with E-state index in [4.69, 9.17) is 9.97 Å². The SMILES string of the molecule is Cc1cccc(C)c1-c1nc2cc(C(C)(C)C)ccc2c2nc3ccccn3c12. The van der Waals surface area contributed by atoms with Crippen LogP contribution in [-0.4, -0.2) is 14.4 Å². The summed E-state index contributed by atoms with van der Waals surface area (Å²) < 4.78 is 2.17. The van der Waals surface area contributed by atoms with Gasteiger partial charge in [0.15, 0.2) is 0 Å². The van der Waals surface area contributed by atoms with Crippen molar-refractivity contribution in [1.29, 1.82) is 0 Å². The number of rotatable bonds is 1. The fraction of sp³-hybridized carbons (Fsp3) is 0.231. The van der Waals surface area contributed by atoms with E-state index in [1.54, 1.807) is 0 Å². The van der Waals surface area contributed by atoms with Gasteiger partial charge in [0.1, 0.15) is 11.2 Å². The maximum atomic E-state index is 5.23. The number of hydrogen-bond acceptors (Lipinski definition) is 2. The number of aryl methyl sites for hydroxylation is 2. The van der Waals surface area contributed by atoms with Crippen LogP contribution in [0.4, 0.5) is 0 Å². The second-order valence-corrected chi connectivity index (χ2v) is 8.95. The lowest BCUT2D eigenvalue weighted by Crippen LogP contribution is -2.10. The summed E-state index contributed by atoms with van der Waals surface area (Å²) >= 11 is 0. The van der Waals surface area contributed by atoms with Crippen molar-refractivity contribution in [3.05, 3.63) is 77.5 Å². The number of hydrogen-bond donors (Lipinski definition) is 0. The van der Waals surface area contributed by atoms with E-state index in [1.165, 1.54) is 22.3 Å². The molecule has 0 aliphatic carbocycles. The Kier molecular flexibility index (Phi) is 3.79. The summed E-state index contributed by atoms with van der Waals surface area (Å²) in [4.78, 5) is 10.2. The fourth-order valence-electron chi connectivity index (χ4n) is 4.24. The highest BCUT2D eigenvalue weighted by atomic mass is 15.0. The molecule has 0 radical (unpaired) electrons. The first-order chi connectivity index (χ1) is 13.8. The van der Waals surface area contributed by atoms with Crippen molar-refractivity contribution in [3.63, 3.8) is 0 Å². The summed E-state index contributed by atoms with van der Waals surface area (Å²) in [5.41, 5.74) is 10.1. The third kappa shape index (κ3) is 2.72. The van der Waals surface area contributed by atoms with Gasteiger partial charge in [-0.3, -0.25) is 4.40 Å². The molecule has 3 heteroatoms. The summed E-state index contributed by atoms with van der Waals surface area (Å²) in [6.07, 6.45) is 2.08. The predicted octanol–water partition coefficient (Wildman–Crippen LogP) is 6.62. The average molecular weight is 380 g/mol. The Labute approximate surface area is 171 Å². The zero-order valence-electron chi connectivity index (χ0n) is 17.6. The van der Waals surface area contributed by atoms with Gasteiger partial charge < -0.3 is 0 Å². The molecule has 0 amide bonds. The van der Waals surface area contributed by atoms with E-state index in [0.717, 1.165) is 33.3 Å². The van der Waals surface area contributed by atoms with Gasteiger partial charge in [0, 0.05) is 17.1 Å². The second kappa shape index (κ2) is 6.15.